The molecule has 0 bridgehead atoms. The van der Waals surface area contributed by atoms with Gasteiger partial charge in [0.1, 0.15) is 0 Å². The molecule has 0 spiro atoms. The van der Waals surface area contributed by atoms with Gasteiger partial charge in [0, 0.05) is 0 Å². The van der Waals surface area contributed by atoms with E-state index < -0.39 is 5.60 Å². The summed E-state index contributed by atoms with van der Waals surface area (Å²) in [7, 11) is 0. The van der Waals surface area contributed by atoms with E-state index in [1.165, 1.54) is 11.1 Å². The van der Waals surface area contributed by atoms with Crippen LogP contribution in [0.3, 0.4) is 0 Å². The lowest BCUT2D eigenvalue weighted by molar-refractivity contribution is 0.0776. The van der Waals surface area contributed by atoms with Crippen LogP contribution in [-0.2, 0) is 12.0 Å². The zero-order valence-electron chi connectivity index (χ0n) is 10.5. The minimum atomic E-state index is -0.740. The topological polar surface area (TPSA) is 20.2 Å². The van der Waals surface area contributed by atoms with Gasteiger partial charge in [0.2, 0.25) is 0 Å². The molecule has 0 aromatic heterocycles. The summed E-state index contributed by atoms with van der Waals surface area (Å²) >= 11 is 0. The summed E-state index contributed by atoms with van der Waals surface area (Å²) < 4.78 is 0. The van der Waals surface area contributed by atoms with Crippen LogP contribution < -0.4 is 0 Å². The molecule has 84 valence electrons. The Morgan fingerprint density at radius 2 is 1.87 bits per heavy atom. The highest BCUT2D eigenvalue weighted by molar-refractivity contribution is 5.36. The second-order valence-corrected chi connectivity index (χ2v) is 4.98. The molecule has 0 fully saturated rings. The molecule has 1 rings (SSSR count). The molecular formula is C14H22O. The monoisotopic (exact) mass is 206 g/mol. The molecule has 0 saturated carbocycles. The summed E-state index contributed by atoms with van der Waals surface area (Å²) in [5.74, 6) is 0.511. The van der Waals surface area contributed by atoms with Gasteiger partial charge in [-0.15, -0.1) is 0 Å². The summed E-state index contributed by atoms with van der Waals surface area (Å²) in [6.07, 6.45) is 0.970. The first-order valence-electron chi connectivity index (χ1n) is 5.72. The summed E-state index contributed by atoms with van der Waals surface area (Å²) in [5.41, 5.74) is 2.86. The Hall–Kier alpha value is -0.820. The number of hydrogen-bond donors (Lipinski definition) is 1. The lowest BCUT2D eigenvalue weighted by Gasteiger charge is -2.23. The van der Waals surface area contributed by atoms with Crippen molar-refractivity contribution < 1.29 is 5.11 Å². The Morgan fingerprint density at radius 3 is 2.27 bits per heavy atom. The van der Waals surface area contributed by atoms with Gasteiger partial charge >= 0.3 is 0 Å². The number of benzene rings is 1. The molecule has 1 aromatic carbocycles. The summed E-state index contributed by atoms with van der Waals surface area (Å²) in [4.78, 5) is 0. The number of rotatable bonds is 3. The molecule has 0 unspecified atom stereocenters. The first kappa shape index (κ1) is 12.3. The van der Waals surface area contributed by atoms with E-state index in [1.54, 1.807) is 0 Å². The van der Waals surface area contributed by atoms with E-state index in [4.69, 9.17) is 0 Å². The number of aliphatic hydroxyl groups is 1. The Bertz CT molecular complexity index is 332. The molecule has 0 aliphatic carbocycles. The third-order valence-corrected chi connectivity index (χ3v) is 2.84. The van der Waals surface area contributed by atoms with Gasteiger partial charge in [0.25, 0.3) is 0 Å². The summed E-state index contributed by atoms with van der Waals surface area (Å²) in [6, 6.07) is 6.45. The largest absolute Gasteiger partial charge is 0.386 e. The van der Waals surface area contributed by atoms with E-state index in [1.807, 2.05) is 13.8 Å². The van der Waals surface area contributed by atoms with Gasteiger partial charge in [-0.05, 0) is 42.9 Å². The first-order chi connectivity index (χ1) is 6.86. The maximum absolute atomic E-state index is 10.1. The van der Waals surface area contributed by atoms with Crippen molar-refractivity contribution in [2.45, 2.75) is 52.6 Å². The Labute approximate surface area is 93.1 Å². The zero-order chi connectivity index (χ0) is 11.6. The van der Waals surface area contributed by atoms with Gasteiger partial charge in [-0.25, -0.2) is 0 Å². The van der Waals surface area contributed by atoms with Gasteiger partial charge in [0.05, 0.1) is 5.60 Å². The fourth-order valence-corrected chi connectivity index (χ4v) is 1.83. The van der Waals surface area contributed by atoms with E-state index in [0.717, 1.165) is 12.0 Å². The van der Waals surface area contributed by atoms with Gasteiger partial charge < -0.3 is 5.11 Å². The zero-order valence-corrected chi connectivity index (χ0v) is 10.5. The standard InChI is InChI=1S/C14H22O/c1-6-11-7-8-12(10(2)3)9-13(11)14(4,5)15/h7-10,15H,6H2,1-5H3. The van der Waals surface area contributed by atoms with Crippen molar-refractivity contribution in [3.63, 3.8) is 0 Å². The van der Waals surface area contributed by atoms with Gasteiger partial charge in [-0.3, -0.25) is 0 Å². The molecule has 1 N–H and O–H groups in total. The average Bonchev–Trinajstić information content (AvgIpc) is 2.15. The second kappa shape index (κ2) is 4.36. The van der Waals surface area contributed by atoms with Crippen LogP contribution in [-0.4, -0.2) is 5.11 Å². The third kappa shape index (κ3) is 2.82. The van der Waals surface area contributed by atoms with E-state index in [-0.39, 0.29) is 0 Å². The molecule has 0 saturated heterocycles. The van der Waals surface area contributed by atoms with E-state index in [2.05, 4.69) is 39.0 Å². The van der Waals surface area contributed by atoms with Gasteiger partial charge in [0.15, 0.2) is 0 Å². The van der Waals surface area contributed by atoms with Gasteiger partial charge in [-0.1, -0.05) is 39.0 Å². The molecule has 0 amide bonds. The van der Waals surface area contributed by atoms with Crippen molar-refractivity contribution >= 4 is 0 Å². The van der Waals surface area contributed by atoms with Crippen molar-refractivity contribution in [3.8, 4) is 0 Å². The molecule has 0 radical (unpaired) electrons. The fraction of sp³-hybridized carbons (Fsp3) is 0.571. The minimum Gasteiger partial charge on any atom is -0.386 e. The van der Waals surface area contributed by atoms with Crippen molar-refractivity contribution in [2.75, 3.05) is 0 Å². The maximum Gasteiger partial charge on any atom is 0.0843 e. The van der Waals surface area contributed by atoms with E-state index >= 15 is 0 Å². The molecule has 1 heteroatoms. The van der Waals surface area contributed by atoms with E-state index in [9.17, 15) is 5.11 Å². The quantitative estimate of drug-likeness (QED) is 0.801. The predicted octanol–water partition coefficient (Wildman–Crippen LogP) is 3.60. The Balaban J connectivity index is 3.26. The van der Waals surface area contributed by atoms with Crippen LogP contribution in [0.25, 0.3) is 0 Å². The van der Waals surface area contributed by atoms with Crippen LogP contribution in [0.15, 0.2) is 18.2 Å². The number of aryl methyl sites for hydroxylation is 1. The minimum absolute atomic E-state index is 0.511. The summed E-state index contributed by atoms with van der Waals surface area (Å²) in [6.45, 7) is 10.2. The molecule has 0 atom stereocenters. The molecule has 0 heterocycles. The van der Waals surface area contributed by atoms with Crippen LogP contribution in [0.1, 0.15) is 57.2 Å². The second-order valence-electron chi connectivity index (χ2n) is 4.98. The summed E-state index contributed by atoms with van der Waals surface area (Å²) in [5, 5.41) is 10.1. The fourth-order valence-electron chi connectivity index (χ4n) is 1.83. The molecule has 0 aliphatic rings. The van der Waals surface area contributed by atoms with Crippen LogP contribution >= 0.6 is 0 Å². The first-order valence-corrected chi connectivity index (χ1v) is 5.72. The number of hydrogen-bond acceptors (Lipinski definition) is 1. The molecular weight excluding hydrogens is 184 g/mol. The van der Waals surface area contributed by atoms with Gasteiger partial charge in [-0.2, -0.15) is 0 Å². The van der Waals surface area contributed by atoms with Crippen molar-refractivity contribution in [1.82, 2.24) is 0 Å². The van der Waals surface area contributed by atoms with Crippen molar-refractivity contribution in [1.29, 1.82) is 0 Å². The van der Waals surface area contributed by atoms with Crippen LogP contribution in [0.4, 0.5) is 0 Å². The van der Waals surface area contributed by atoms with E-state index in [0.29, 0.717) is 5.92 Å². The van der Waals surface area contributed by atoms with Crippen LogP contribution in [0, 0.1) is 0 Å². The lowest BCUT2D eigenvalue weighted by Crippen LogP contribution is -2.18. The third-order valence-electron chi connectivity index (χ3n) is 2.84. The normalized spacial score (nSPS) is 12.2. The molecule has 0 aliphatic heterocycles. The lowest BCUT2D eigenvalue weighted by atomic mass is 9.88. The van der Waals surface area contributed by atoms with Crippen molar-refractivity contribution in [3.05, 3.63) is 34.9 Å². The van der Waals surface area contributed by atoms with Crippen molar-refractivity contribution in [2.24, 2.45) is 0 Å². The highest BCUT2D eigenvalue weighted by Gasteiger charge is 2.20. The predicted molar refractivity (Wildman–Crippen MR) is 65.2 cm³/mol. The Morgan fingerprint density at radius 1 is 1.27 bits per heavy atom. The molecule has 1 aromatic rings. The maximum atomic E-state index is 10.1. The highest BCUT2D eigenvalue weighted by atomic mass is 16.3. The SMILES string of the molecule is CCc1ccc(C(C)C)cc1C(C)(C)O. The average molecular weight is 206 g/mol. The Kier molecular flexibility index (Phi) is 3.56. The van der Waals surface area contributed by atoms with Crippen LogP contribution in [0.5, 0.6) is 0 Å². The smallest absolute Gasteiger partial charge is 0.0843 e. The van der Waals surface area contributed by atoms with Crippen LogP contribution in [0.2, 0.25) is 0 Å². The highest BCUT2D eigenvalue weighted by Crippen LogP contribution is 2.27. The molecule has 15 heavy (non-hydrogen) atoms. The molecule has 1 nitrogen and oxygen atoms in total.